The molecule has 1 N–H and O–H groups in total. The van der Waals surface area contributed by atoms with Crippen LogP contribution in [-0.2, 0) is 9.47 Å². The van der Waals surface area contributed by atoms with Crippen molar-refractivity contribution in [2.24, 2.45) is 0 Å². The van der Waals surface area contributed by atoms with Gasteiger partial charge in [0.1, 0.15) is 0 Å². The maximum Gasteiger partial charge on any atom is 0.337 e. The predicted molar refractivity (Wildman–Crippen MR) is 93.4 cm³/mol. The Morgan fingerprint density at radius 3 is 2.36 bits per heavy atom. The lowest BCUT2D eigenvalue weighted by molar-refractivity contribution is 0.0600. The van der Waals surface area contributed by atoms with Crippen LogP contribution in [0.15, 0.2) is 54.6 Å². The summed E-state index contributed by atoms with van der Waals surface area (Å²) in [4.78, 5) is 24.1. The largest absolute Gasteiger partial charge is 0.465 e. The van der Waals surface area contributed by atoms with E-state index in [-0.39, 0.29) is 18.1 Å². The SMILES string of the molecule is COC(=O)c1ccc(C(=O)N[C@H](c2ccccc2)[C@H]2CCCO2)cc1. The average Bonchev–Trinajstić information content (AvgIpc) is 3.20. The second kappa shape index (κ2) is 7.94. The molecule has 2 aromatic rings. The molecule has 3 rings (SSSR count). The summed E-state index contributed by atoms with van der Waals surface area (Å²) in [6.07, 6.45) is 1.89. The molecule has 1 aliphatic rings. The van der Waals surface area contributed by atoms with Gasteiger partial charge in [-0.3, -0.25) is 4.79 Å². The van der Waals surface area contributed by atoms with E-state index < -0.39 is 5.97 Å². The van der Waals surface area contributed by atoms with Crippen LogP contribution in [0, 0.1) is 0 Å². The van der Waals surface area contributed by atoms with Crippen LogP contribution in [0.5, 0.6) is 0 Å². The number of nitrogens with one attached hydrogen (secondary N) is 1. The van der Waals surface area contributed by atoms with Crippen LogP contribution in [-0.4, -0.2) is 31.7 Å². The van der Waals surface area contributed by atoms with E-state index >= 15 is 0 Å². The molecule has 2 atom stereocenters. The zero-order valence-electron chi connectivity index (χ0n) is 14.1. The number of carbonyl (C=O) groups excluding carboxylic acids is 2. The Bertz CT molecular complexity index is 721. The molecule has 5 nitrogen and oxygen atoms in total. The zero-order chi connectivity index (χ0) is 17.6. The summed E-state index contributed by atoms with van der Waals surface area (Å²) in [5.41, 5.74) is 1.93. The second-order valence-corrected chi connectivity index (χ2v) is 5.98. The topological polar surface area (TPSA) is 64.6 Å². The van der Waals surface area contributed by atoms with Gasteiger partial charge >= 0.3 is 5.97 Å². The first-order valence-electron chi connectivity index (χ1n) is 8.35. The number of esters is 1. The van der Waals surface area contributed by atoms with Crippen LogP contribution in [0.4, 0.5) is 0 Å². The number of benzene rings is 2. The number of methoxy groups -OCH3 is 1. The van der Waals surface area contributed by atoms with Gasteiger partial charge < -0.3 is 14.8 Å². The molecule has 5 heteroatoms. The van der Waals surface area contributed by atoms with Crippen molar-refractivity contribution in [3.8, 4) is 0 Å². The van der Waals surface area contributed by atoms with Gasteiger partial charge in [0.05, 0.1) is 24.8 Å². The average molecular weight is 339 g/mol. The molecule has 0 aromatic heterocycles. The van der Waals surface area contributed by atoms with Gasteiger partial charge in [0, 0.05) is 12.2 Å². The van der Waals surface area contributed by atoms with Gasteiger partial charge in [-0.2, -0.15) is 0 Å². The van der Waals surface area contributed by atoms with E-state index in [0.717, 1.165) is 25.0 Å². The predicted octanol–water partition coefficient (Wildman–Crippen LogP) is 3.12. The molecule has 1 saturated heterocycles. The van der Waals surface area contributed by atoms with Crippen LogP contribution >= 0.6 is 0 Å². The van der Waals surface area contributed by atoms with E-state index in [9.17, 15) is 9.59 Å². The van der Waals surface area contributed by atoms with Crippen LogP contribution in [0.3, 0.4) is 0 Å². The van der Waals surface area contributed by atoms with Gasteiger partial charge in [-0.1, -0.05) is 30.3 Å². The van der Waals surface area contributed by atoms with Gasteiger partial charge in [-0.05, 0) is 42.7 Å². The molecule has 1 amide bonds. The van der Waals surface area contributed by atoms with Crippen LogP contribution in [0.25, 0.3) is 0 Å². The summed E-state index contributed by atoms with van der Waals surface area (Å²) in [7, 11) is 1.33. The zero-order valence-corrected chi connectivity index (χ0v) is 14.1. The number of rotatable bonds is 5. The van der Waals surface area contributed by atoms with Gasteiger partial charge in [0.25, 0.3) is 5.91 Å². The number of hydrogen-bond acceptors (Lipinski definition) is 4. The molecule has 0 bridgehead atoms. The molecule has 1 fully saturated rings. The van der Waals surface area contributed by atoms with Crippen molar-refractivity contribution < 1.29 is 19.1 Å². The lowest BCUT2D eigenvalue weighted by Crippen LogP contribution is -2.36. The number of amides is 1. The Morgan fingerprint density at radius 2 is 1.76 bits per heavy atom. The summed E-state index contributed by atoms with van der Waals surface area (Å²) < 4.78 is 10.5. The molecule has 0 spiro atoms. The molecule has 0 radical (unpaired) electrons. The molecule has 0 saturated carbocycles. The van der Waals surface area contributed by atoms with Crippen molar-refractivity contribution in [2.45, 2.75) is 25.0 Å². The Labute approximate surface area is 147 Å². The maximum atomic E-state index is 12.7. The van der Waals surface area contributed by atoms with Crippen molar-refractivity contribution in [2.75, 3.05) is 13.7 Å². The van der Waals surface area contributed by atoms with E-state index in [1.54, 1.807) is 24.3 Å². The third kappa shape index (κ3) is 4.06. The standard InChI is InChI=1S/C20H21NO4/c1-24-20(23)16-11-9-15(10-12-16)19(22)21-18(17-8-5-13-25-17)14-6-3-2-4-7-14/h2-4,6-7,9-12,17-18H,5,8,13H2,1H3,(H,21,22)/t17-,18-/m1/s1. The molecule has 130 valence electrons. The van der Waals surface area contributed by atoms with Gasteiger partial charge in [0.2, 0.25) is 0 Å². The van der Waals surface area contributed by atoms with E-state index in [1.165, 1.54) is 7.11 Å². The Morgan fingerprint density at radius 1 is 1.08 bits per heavy atom. The summed E-state index contributed by atoms with van der Waals surface area (Å²) in [6, 6.07) is 16.1. The number of ether oxygens (including phenoxy) is 2. The van der Waals surface area contributed by atoms with Gasteiger partial charge in [-0.25, -0.2) is 4.79 Å². The van der Waals surface area contributed by atoms with Crippen LogP contribution < -0.4 is 5.32 Å². The maximum absolute atomic E-state index is 12.7. The minimum Gasteiger partial charge on any atom is -0.465 e. The molecule has 1 heterocycles. The Kier molecular flexibility index (Phi) is 5.46. The Hall–Kier alpha value is -2.66. The van der Waals surface area contributed by atoms with E-state index in [4.69, 9.17) is 4.74 Å². The van der Waals surface area contributed by atoms with Crippen molar-refractivity contribution in [1.29, 1.82) is 0 Å². The smallest absolute Gasteiger partial charge is 0.337 e. The van der Waals surface area contributed by atoms with Gasteiger partial charge in [0.15, 0.2) is 0 Å². The highest BCUT2D eigenvalue weighted by Gasteiger charge is 2.28. The molecule has 1 aliphatic heterocycles. The molecular formula is C20H21NO4. The summed E-state index contributed by atoms with van der Waals surface area (Å²) in [5, 5.41) is 3.07. The first-order chi connectivity index (χ1) is 12.2. The van der Waals surface area contributed by atoms with E-state index in [0.29, 0.717) is 11.1 Å². The van der Waals surface area contributed by atoms with Crippen molar-refractivity contribution in [1.82, 2.24) is 5.32 Å². The van der Waals surface area contributed by atoms with Crippen molar-refractivity contribution in [3.63, 3.8) is 0 Å². The quantitative estimate of drug-likeness (QED) is 0.850. The number of hydrogen-bond donors (Lipinski definition) is 1. The van der Waals surface area contributed by atoms with Crippen LogP contribution in [0.2, 0.25) is 0 Å². The lowest BCUT2D eigenvalue weighted by atomic mass is 9.98. The number of carbonyl (C=O) groups is 2. The Balaban J connectivity index is 1.77. The van der Waals surface area contributed by atoms with Gasteiger partial charge in [-0.15, -0.1) is 0 Å². The molecular weight excluding hydrogens is 318 g/mol. The third-order valence-corrected chi connectivity index (χ3v) is 4.35. The highest BCUT2D eigenvalue weighted by Crippen LogP contribution is 2.27. The molecule has 0 unspecified atom stereocenters. The second-order valence-electron chi connectivity index (χ2n) is 5.98. The van der Waals surface area contributed by atoms with Crippen LogP contribution in [0.1, 0.15) is 45.2 Å². The third-order valence-electron chi connectivity index (χ3n) is 4.35. The minimum absolute atomic E-state index is 0.0271. The summed E-state index contributed by atoms with van der Waals surface area (Å²) >= 11 is 0. The molecule has 25 heavy (non-hydrogen) atoms. The van der Waals surface area contributed by atoms with E-state index in [1.807, 2.05) is 30.3 Å². The normalized spacial score (nSPS) is 17.7. The fraction of sp³-hybridized carbons (Fsp3) is 0.300. The fourth-order valence-corrected chi connectivity index (χ4v) is 3.02. The lowest BCUT2D eigenvalue weighted by Gasteiger charge is -2.24. The highest BCUT2D eigenvalue weighted by molar-refractivity contribution is 5.96. The monoisotopic (exact) mass is 339 g/mol. The highest BCUT2D eigenvalue weighted by atomic mass is 16.5. The summed E-state index contributed by atoms with van der Waals surface area (Å²) in [5.74, 6) is -0.616. The van der Waals surface area contributed by atoms with E-state index in [2.05, 4.69) is 10.1 Å². The first kappa shape index (κ1) is 17.2. The summed E-state index contributed by atoms with van der Waals surface area (Å²) in [6.45, 7) is 0.720. The van der Waals surface area contributed by atoms with Crippen molar-refractivity contribution >= 4 is 11.9 Å². The minimum atomic E-state index is -0.423. The molecule has 2 aromatic carbocycles. The molecule has 0 aliphatic carbocycles. The van der Waals surface area contributed by atoms with Crippen molar-refractivity contribution in [3.05, 3.63) is 71.3 Å². The fourth-order valence-electron chi connectivity index (χ4n) is 3.02. The first-order valence-corrected chi connectivity index (χ1v) is 8.35.